The van der Waals surface area contributed by atoms with E-state index in [1.54, 1.807) is 12.1 Å². The zero-order chi connectivity index (χ0) is 16.2. The normalized spacial score (nSPS) is 11.6. The van der Waals surface area contributed by atoms with E-state index in [1.807, 2.05) is 0 Å². The minimum Gasteiger partial charge on any atom is -0.322 e. The standard InChI is InChI=1S/C15H10ClF3N2O/c16-13-3-1-10(9-12(13)15(17,18)19)2-4-14(22)21-11-5-7-20-8-6-11/h1-9H,(H,20,21,22). The molecule has 1 aromatic carbocycles. The molecule has 0 atom stereocenters. The Kier molecular flexibility index (Phi) is 4.82. The highest BCUT2D eigenvalue weighted by atomic mass is 35.5. The van der Waals surface area contributed by atoms with E-state index in [-0.39, 0.29) is 10.6 Å². The summed E-state index contributed by atoms with van der Waals surface area (Å²) < 4.78 is 38.2. The highest BCUT2D eigenvalue weighted by molar-refractivity contribution is 6.31. The number of benzene rings is 1. The molecule has 0 aliphatic heterocycles. The third-order valence-electron chi connectivity index (χ3n) is 2.67. The molecule has 0 bridgehead atoms. The van der Waals surface area contributed by atoms with Crippen LogP contribution >= 0.6 is 11.6 Å². The summed E-state index contributed by atoms with van der Waals surface area (Å²) in [4.78, 5) is 15.5. The first-order chi connectivity index (χ1) is 10.4. The Morgan fingerprint density at radius 3 is 2.50 bits per heavy atom. The summed E-state index contributed by atoms with van der Waals surface area (Å²) in [5, 5.41) is 2.17. The van der Waals surface area contributed by atoms with Crippen molar-refractivity contribution in [2.45, 2.75) is 6.18 Å². The van der Waals surface area contributed by atoms with Crippen molar-refractivity contribution in [2.24, 2.45) is 0 Å². The molecule has 1 heterocycles. The van der Waals surface area contributed by atoms with Crippen LogP contribution in [-0.4, -0.2) is 10.9 Å². The maximum atomic E-state index is 12.7. The molecule has 0 radical (unpaired) electrons. The molecule has 0 saturated heterocycles. The number of alkyl halides is 3. The molecule has 22 heavy (non-hydrogen) atoms. The summed E-state index contributed by atoms with van der Waals surface area (Å²) in [6.45, 7) is 0. The average molecular weight is 327 g/mol. The number of nitrogens with zero attached hydrogens (tertiary/aromatic N) is 1. The van der Waals surface area contributed by atoms with Gasteiger partial charge in [0.25, 0.3) is 0 Å². The Morgan fingerprint density at radius 1 is 1.18 bits per heavy atom. The summed E-state index contributed by atoms with van der Waals surface area (Å²) in [7, 11) is 0. The number of carbonyl (C=O) groups excluding carboxylic acids is 1. The predicted octanol–water partition coefficient (Wildman–Crippen LogP) is 4.41. The van der Waals surface area contributed by atoms with Crippen molar-refractivity contribution in [1.29, 1.82) is 0 Å². The van der Waals surface area contributed by atoms with Crippen molar-refractivity contribution in [3.63, 3.8) is 0 Å². The summed E-state index contributed by atoms with van der Waals surface area (Å²) in [5.74, 6) is -0.463. The first kappa shape index (κ1) is 16.0. The molecule has 0 fully saturated rings. The number of nitrogens with one attached hydrogen (secondary N) is 1. The lowest BCUT2D eigenvalue weighted by Gasteiger charge is -2.09. The number of pyridine rings is 1. The summed E-state index contributed by atoms with van der Waals surface area (Å²) in [6.07, 6.45) is 0.897. The van der Waals surface area contributed by atoms with Gasteiger partial charge in [-0.25, -0.2) is 0 Å². The highest BCUT2D eigenvalue weighted by Gasteiger charge is 2.33. The van der Waals surface area contributed by atoms with Gasteiger partial charge in [0.05, 0.1) is 10.6 Å². The van der Waals surface area contributed by atoms with Gasteiger partial charge in [-0.2, -0.15) is 13.2 Å². The Balaban J connectivity index is 2.12. The van der Waals surface area contributed by atoms with Crippen LogP contribution < -0.4 is 5.32 Å². The number of rotatable bonds is 3. The molecule has 3 nitrogen and oxygen atoms in total. The van der Waals surface area contributed by atoms with E-state index in [0.29, 0.717) is 5.69 Å². The van der Waals surface area contributed by atoms with Crippen LogP contribution in [0.25, 0.3) is 6.08 Å². The van der Waals surface area contributed by atoms with Crippen molar-refractivity contribution in [3.8, 4) is 0 Å². The summed E-state index contributed by atoms with van der Waals surface area (Å²) in [5.41, 5.74) is -0.177. The molecule has 0 unspecified atom stereocenters. The van der Waals surface area contributed by atoms with Crippen LogP contribution in [0.4, 0.5) is 18.9 Å². The lowest BCUT2D eigenvalue weighted by molar-refractivity contribution is -0.137. The monoisotopic (exact) mass is 326 g/mol. The van der Waals surface area contributed by atoms with E-state index in [1.165, 1.54) is 24.5 Å². The third-order valence-corrected chi connectivity index (χ3v) is 3.00. The van der Waals surface area contributed by atoms with E-state index in [4.69, 9.17) is 11.6 Å². The molecule has 0 saturated carbocycles. The van der Waals surface area contributed by atoms with Gasteiger partial charge in [-0.1, -0.05) is 17.7 Å². The van der Waals surface area contributed by atoms with Gasteiger partial charge in [-0.3, -0.25) is 9.78 Å². The number of hydrogen-bond acceptors (Lipinski definition) is 2. The first-order valence-electron chi connectivity index (χ1n) is 6.12. The molecule has 0 aliphatic carbocycles. The minimum atomic E-state index is -4.54. The topological polar surface area (TPSA) is 42.0 Å². The Labute approximate surface area is 129 Å². The SMILES string of the molecule is O=C(C=Cc1ccc(Cl)c(C(F)(F)F)c1)Nc1ccncc1. The largest absolute Gasteiger partial charge is 0.417 e. The number of amides is 1. The minimum absolute atomic E-state index is 0.224. The van der Waals surface area contributed by atoms with Crippen molar-refractivity contribution < 1.29 is 18.0 Å². The molecule has 2 aromatic rings. The molecule has 1 aromatic heterocycles. The van der Waals surface area contributed by atoms with E-state index in [9.17, 15) is 18.0 Å². The molecular weight excluding hydrogens is 317 g/mol. The second kappa shape index (κ2) is 6.62. The van der Waals surface area contributed by atoms with E-state index < -0.39 is 17.6 Å². The van der Waals surface area contributed by atoms with Gasteiger partial charge in [0.1, 0.15) is 0 Å². The number of halogens is 4. The van der Waals surface area contributed by atoms with E-state index in [0.717, 1.165) is 18.2 Å². The molecule has 2 rings (SSSR count). The maximum Gasteiger partial charge on any atom is 0.417 e. The van der Waals surface area contributed by atoms with Gasteiger partial charge in [-0.05, 0) is 35.9 Å². The molecule has 1 N–H and O–H groups in total. The fourth-order valence-corrected chi connectivity index (χ4v) is 1.88. The Morgan fingerprint density at radius 2 is 1.86 bits per heavy atom. The average Bonchev–Trinajstić information content (AvgIpc) is 2.46. The summed E-state index contributed by atoms with van der Waals surface area (Å²) in [6, 6.07) is 6.61. The Bertz CT molecular complexity index is 700. The molecule has 1 amide bonds. The number of aromatic nitrogens is 1. The zero-order valence-corrected chi connectivity index (χ0v) is 11.8. The van der Waals surface area contributed by atoms with Crippen LogP contribution in [0.1, 0.15) is 11.1 Å². The fourth-order valence-electron chi connectivity index (χ4n) is 1.65. The van der Waals surface area contributed by atoms with Gasteiger partial charge < -0.3 is 5.32 Å². The van der Waals surface area contributed by atoms with Gasteiger partial charge in [-0.15, -0.1) is 0 Å². The van der Waals surface area contributed by atoms with Gasteiger partial charge in [0.15, 0.2) is 0 Å². The lowest BCUT2D eigenvalue weighted by Crippen LogP contribution is -2.08. The third kappa shape index (κ3) is 4.33. The molecule has 0 aliphatic rings. The number of hydrogen-bond donors (Lipinski definition) is 1. The second-order valence-corrected chi connectivity index (χ2v) is 4.70. The van der Waals surface area contributed by atoms with E-state index >= 15 is 0 Å². The van der Waals surface area contributed by atoms with E-state index in [2.05, 4.69) is 10.3 Å². The first-order valence-corrected chi connectivity index (χ1v) is 6.50. The lowest BCUT2D eigenvalue weighted by atomic mass is 10.1. The predicted molar refractivity (Wildman–Crippen MR) is 78.4 cm³/mol. The van der Waals surface area contributed by atoms with Crippen molar-refractivity contribution >= 4 is 29.3 Å². The van der Waals surface area contributed by atoms with Crippen LogP contribution in [0.15, 0.2) is 48.8 Å². The second-order valence-electron chi connectivity index (χ2n) is 4.30. The molecule has 114 valence electrons. The highest BCUT2D eigenvalue weighted by Crippen LogP contribution is 2.35. The summed E-state index contributed by atoms with van der Waals surface area (Å²) >= 11 is 5.52. The van der Waals surface area contributed by atoms with Crippen molar-refractivity contribution in [3.05, 3.63) is 65.0 Å². The number of anilines is 1. The molecule has 7 heteroatoms. The number of carbonyl (C=O) groups is 1. The molecular formula is C15H10ClF3N2O. The van der Waals surface area contributed by atoms with Crippen LogP contribution in [0.2, 0.25) is 5.02 Å². The quantitative estimate of drug-likeness (QED) is 0.849. The van der Waals surface area contributed by atoms with Gasteiger partial charge >= 0.3 is 6.18 Å². The maximum absolute atomic E-state index is 12.7. The smallest absolute Gasteiger partial charge is 0.322 e. The Hall–Kier alpha value is -2.34. The van der Waals surface area contributed by atoms with Crippen LogP contribution in [-0.2, 0) is 11.0 Å². The van der Waals surface area contributed by atoms with Gasteiger partial charge in [0, 0.05) is 24.2 Å². The van der Waals surface area contributed by atoms with Gasteiger partial charge in [0.2, 0.25) is 5.91 Å². The van der Waals surface area contributed by atoms with Crippen LogP contribution in [0, 0.1) is 0 Å². The zero-order valence-electron chi connectivity index (χ0n) is 11.1. The molecule has 0 spiro atoms. The van der Waals surface area contributed by atoms with Crippen LogP contribution in [0.3, 0.4) is 0 Å². The fraction of sp³-hybridized carbons (Fsp3) is 0.0667. The van der Waals surface area contributed by atoms with Crippen LogP contribution in [0.5, 0.6) is 0 Å². The van der Waals surface area contributed by atoms with Crippen molar-refractivity contribution in [1.82, 2.24) is 4.98 Å². The van der Waals surface area contributed by atoms with Crippen molar-refractivity contribution in [2.75, 3.05) is 5.32 Å².